The topological polar surface area (TPSA) is 86.9 Å². The molecule has 3 N–H and O–H groups in total. The molecule has 0 unspecified atom stereocenters. The van der Waals surface area contributed by atoms with E-state index in [4.69, 9.17) is 0 Å². The highest BCUT2D eigenvalue weighted by atomic mass is 16.2. The van der Waals surface area contributed by atoms with Crippen LogP contribution in [0.4, 0.5) is 11.4 Å². The Hall–Kier alpha value is -3.93. The van der Waals surface area contributed by atoms with Gasteiger partial charge in [-0.05, 0) is 47.4 Å². The van der Waals surface area contributed by atoms with E-state index in [1.165, 1.54) is 0 Å². The summed E-state index contributed by atoms with van der Waals surface area (Å²) < 4.78 is 0. The Bertz CT molecular complexity index is 1250. The first kappa shape index (κ1) is 22.3. The lowest BCUT2D eigenvalue weighted by molar-refractivity contribution is -0.116. The van der Waals surface area contributed by atoms with Gasteiger partial charge in [0.1, 0.15) is 5.82 Å². The molecule has 0 radical (unpaired) electrons. The lowest BCUT2D eigenvalue weighted by Gasteiger charge is -2.19. The standard InChI is InChI=1S/C27H28N4O2/c1-27(2,3)19-14-12-18(13-15-19)26(33)31-23-11-7-6-10-22(23)30-25(32)17-16-24-28-20-8-4-5-9-21(20)29-24/h4-15H,16-17H2,1-3H3,(H,28,29)(H,30,32)(H,31,33). The maximum atomic E-state index is 12.8. The van der Waals surface area contributed by atoms with Crippen LogP contribution in [-0.2, 0) is 16.6 Å². The maximum absolute atomic E-state index is 12.8. The molecule has 0 bridgehead atoms. The summed E-state index contributed by atoms with van der Waals surface area (Å²) >= 11 is 0. The van der Waals surface area contributed by atoms with Gasteiger partial charge < -0.3 is 15.6 Å². The number of aryl methyl sites for hydroxylation is 1. The number of hydrogen-bond donors (Lipinski definition) is 3. The van der Waals surface area contributed by atoms with Gasteiger partial charge in [0.15, 0.2) is 0 Å². The second-order valence-corrected chi connectivity index (χ2v) is 9.08. The smallest absolute Gasteiger partial charge is 0.255 e. The molecule has 33 heavy (non-hydrogen) atoms. The average molecular weight is 441 g/mol. The van der Waals surface area contributed by atoms with Crippen molar-refractivity contribution in [3.8, 4) is 0 Å². The number of aromatic nitrogens is 2. The van der Waals surface area contributed by atoms with E-state index in [0.29, 0.717) is 23.4 Å². The van der Waals surface area contributed by atoms with Gasteiger partial charge in [-0.1, -0.05) is 57.2 Å². The number of benzene rings is 3. The molecule has 1 aromatic heterocycles. The van der Waals surface area contributed by atoms with E-state index in [1.54, 1.807) is 12.1 Å². The van der Waals surface area contributed by atoms with Crippen molar-refractivity contribution in [2.24, 2.45) is 0 Å². The molecule has 4 aromatic rings. The van der Waals surface area contributed by atoms with Gasteiger partial charge in [0.2, 0.25) is 5.91 Å². The second-order valence-electron chi connectivity index (χ2n) is 9.08. The monoisotopic (exact) mass is 440 g/mol. The summed E-state index contributed by atoms with van der Waals surface area (Å²) in [5, 5.41) is 5.81. The Morgan fingerprint density at radius 2 is 1.48 bits per heavy atom. The first-order valence-corrected chi connectivity index (χ1v) is 11.0. The van der Waals surface area contributed by atoms with Crippen molar-refractivity contribution in [1.82, 2.24) is 9.97 Å². The van der Waals surface area contributed by atoms with E-state index in [2.05, 4.69) is 41.4 Å². The molecule has 0 fully saturated rings. The number of nitrogens with one attached hydrogen (secondary N) is 3. The minimum Gasteiger partial charge on any atom is -0.342 e. The molecule has 0 atom stereocenters. The zero-order valence-corrected chi connectivity index (χ0v) is 19.1. The Morgan fingerprint density at radius 1 is 0.848 bits per heavy atom. The van der Waals surface area contributed by atoms with Gasteiger partial charge in [0, 0.05) is 18.4 Å². The third kappa shape index (κ3) is 5.47. The van der Waals surface area contributed by atoms with Crippen LogP contribution in [0.3, 0.4) is 0 Å². The Kier molecular flexibility index (Phi) is 6.27. The molecule has 0 aliphatic rings. The van der Waals surface area contributed by atoms with Crippen LogP contribution in [0.15, 0.2) is 72.8 Å². The lowest BCUT2D eigenvalue weighted by Crippen LogP contribution is -2.17. The van der Waals surface area contributed by atoms with E-state index in [9.17, 15) is 9.59 Å². The quantitative estimate of drug-likeness (QED) is 0.360. The third-order valence-corrected chi connectivity index (χ3v) is 5.49. The molecule has 6 heteroatoms. The van der Waals surface area contributed by atoms with Crippen molar-refractivity contribution in [1.29, 1.82) is 0 Å². The highest BCUT2D eigenvalue weighted by Gasteiger charge is 2.15. The Morgan fingerprint density at radius 3 is 2.15 bits per heavy atom. The van der Waals surface area contributed by atoms with E-state index >= 15 is 0 Å². The van der Waals surface area contributed by atoms with Crippen LogP contribution in [0, 0.1) is 0 Å². The van der Waals surface area contributed by atoms with Crippen LogP contribution >= 0.6 is 0 Å². The maximum Gasteiger partial charge on any atom is 0.255 e. The van der Waals surface area contributed by atoms with Gasteiger partial charge >= 0.3 is 0 Å². The fraction of sp³-hybridized carbons (Fsp3) is 0.222. The van der Waals surface area contributed by atoms with Gasteiger partial charge in [0.25, 0.3) is 5.91 Å². The van der Waals surface area contributed by atoms with Crippen molar-refractivity contribution in [2.75, 3.05) is 10.6 Å². The number of carbonyl (C=O) groups excluding carboxylic acids is 2. The molecule has 0 saturated heterocycles. The van der Waals surface area contributed by atoms with Crippen LogP contribution in [0.5, 0.6) is 0 Å². The number of nitrogens with zero attached hydrogens (tertiary/aromatic N) is 1. The van der Waals surface area contributed by atoms with Gasteiger partial charge in [-0.15, -0.1) is 0 Å². The number of imidazole rings is 1. The summed E-state index contributed by atoms with van der Waals surface area (Å²) in [5.41, 5.74) is 4.71. The highest BCUT2D eigenvalue weighted by molar-refractivity contribution is 6.07. The molecule has 1 heterocycles. The zero-order chi connectivity index (χ0) is 23.4. The summed E-state index contributed by atoms with van der Waals surface area (Å²) in [6.07, 6.45) is 0.769. The SMILES string of the molecule is CC(C)(C)c1ccc(C(=O)Nc2ccccc2NC(=O)CCc2nc3ccccc3[nH]2)cc1. The molecule has 0 spiro atoms. The second kappa shape index (κ2) is 9.28. The molecule has 4 rings (SSSR count). The van der Waals surface area contributed by atoms with Crippen molar-refractivity contribution in [2.45, 2.75) is 39.0 Å². The fourth-order valence-electron chi connectivity index (χ4n) is 3.59. The third-order valence-electron chi connectivity index (χ3n) is 5.49. The molecule has 168 valence electrons. The van der Waals surface area contributed by atoms with E-state index in [0.717, 1.165) is 22.4 Å². The Balaban J connectivity index is 1.39. The van der Waals surface area contributed by atoms with Gasteiger partial charge in [0.05, 0.1) is 22.4 Å². The number of aromatic amines is 1. The molecule has 0 saturated carbocycles. The molecular weight excluding hydrogens is 412 g/mol. The van der Waals surface area contributed by atoms with Crippen molar-refractivity contribution >= 4 is 34.2 Å². The first-order valence-electron chi connectivity index (χ1n) is 11.0. The first-order chi connectivity index (χ1) is 15.8. The summed E-state index contributed by atoms with van der Waals surface area (Å²) in [6.45, 7) is 6.40. The van der Waals surface area contributed by atoms with Crippen LogP contribution in [-0.4, -0.2) is 21.8 Å². The summed E-state index contributed by atoms with van der Waals surface area (Å²) in [6, 6.07) is 22.6. The van der Waals surface area contributed by atoms with Crippen molar-refractivity contribution in [3.05, 3.63) is 89.7 Å². The van der Waals surface area contributed by atoms with Crippen LogP contribution in [0.2, 0.25) is 0 Å². The molecule has 3 aromatic carbocycles. The van der Waals surface area contributed by atoms with E-state index in [1.807, 2.05) is 60.7 Å². The number of hydrogen-bond acceptors (Lipinski definition) is 3. The minimum absolute atomic E-state index is 0.0221. The number of amides is 2. The molecule has 0 aliphatic heterocycles. The predicted molar refractivity (Wildman–Crippen MR) is 133 cm³/mol. The normalized spacial score (nSPS) is 11.4. The van der Waals surface area contributed by atoms with E-state index in [-0.39, 0.29) is 23.7 Å². The number of H-pyrrole nitrogens is 1. The largest absolute Gasteiger partial charge is 0.342 e. The predicted octanol–water partition coefficient (Wildman–Crippen LogP) is 5.68. The van der Waals surface area contributed by atoms with Gasteiger partial charge in [-0.2, -0.15) is 0 Å². The lowest BCUT2D eigenvalue weighted by atomic mass is 9.87. The van der Waals surface area contributed by atoms with Crippen molar-refractivity contribution in [3.63, 3.8) is 0 Å². The highest BCUT2D eigenvalue weighted by Crippen LogP contribution is 2.24. The molecule has 2 amide bonds. The summed E-state index contributed by atoms with van der Waals surface area (Å²) in [4.78, 5) is 33.1. The Labute approximate surface area is 193 Å². The summed E-state index contributed by atoms with van der Waals surface area (Å²) in [5.74, 6) is 0.401. The number of anilines is 2. The van der Waals surface area contributed by atoms with Gasteiger partial charge in [-0.25, -0.2) is 4.98 Å². The number of fused-ring (bicyclic) bond motifs is 1. The summed E-state index contributed by atoms with van der Waals surface area (Å²) in [7, 11) is 0. The number of carbonyl (C=O) groups is 2. The van der Waals surface area contributed by atoms with Crippen LogP contribution in [0.25, 0.3) is 11.0 Å². The number of rotatable bonds is 6. The molecule has 0 aliphatic carbocycles. The molecule has 6 nitrogen and oxygen atoms in total. The van der Waals surface area contributed by atoms with Crippen molar-refractivity contribution < 1.29 is 9.59 Å². The van der Waals surface area contributed by atoms with Crippen LogP contribution in [0.1, 0.15) is 48.9 Å². The minimum atomic E-state index is -0.223. The van der Waals surface area contributed by atoms with E-state index < -0.39 is 0 Å². The average Bonchev–Trinajstić information content (AvgIpc) is 3.21. The number of para-hydroxylation sites is 4. The fourth-order valence-corrected chi connectivity index (χ4v) is 3.59. The zero-order valence-electron chi connectivity index (χ0n) is 19.1. The molecular formula is C27H28N4O2. The van der Waals surface area contributed by atoms with Gasteiger partial charge in [-0.3, -0.25) is 9.59 Å². The van der Waals surface area contributed by atoms with Crippen LogP contribution < -0.4 is 10.6 Å².